The van der Waals surface area contributed by atoms with Crippen molar-refractivity contribution in [2.75, 3.05) is 18.6 Å². The molecule has 3 N–H and O–H groups in total. The zero-order valence-corrected chi connectivity index (χ0v) is 13.3. The van der Waals surface area contributed by atoms with Gasteiger partial charge >= 0.3 is 0 Å². The Morgan fingerprint density at radius 1 is 1.33 bits per heavy atom. The third-order valence-electron chi connectivity index (χ3n) is 2.27. The van der Waals surface area contributed by atoms with E-state index in [-0.39, 0.29) is 17.2 Å². The maximum absolute atomic E-state index is 12.1. The quantitative estimate of drug-likeness (QED) is 0.675. The molecule has 0 amide bonds. The van der Waals surface area contributed by atoms with Crippen LogP contribution in [-0.2, 0) is 19.9 Å². The fourth-order valence-electron chi connectivity index (χ4n) is 1.61. The summed E-state index contributed by atoms with van der Waals surface area (Å²) in [6.45, 7) is 1.63. The third-order valence-corrected chi connectivity index (χ3v) is 4.93. The molecule has 7 nitrogen and oxygen atoms in total. The lowest BCUT2D eigenvalue weighted by Crippen LogP contribution is -2.37. The van der Waals surface area contributed by atoms with Crippen LogP contribution in [0.2, 0.25) is 0 Å². The van der Waals surface area contributed by atoms with E-state index in [9.17, 15) is 16.8 Å². The van der Waals surface area contributed by atoms with Gasteiger partial charge < -0.3 is 5.73 Å². The van der Waals surface area contributed by atoms with Crippen molar-refractivity contribution in [2.24, 2.45) is 5.73 Å². The van der Waals surface area contributed by atoms with Crippen molar-refractivity contribution in [1.82, 2.24) is 9.71 Å². The molecule has 1 unspecified atom stereocenters. The first kappa shape index (κ1) is 17.6. The summed E-state index contributed by atoms with van der Waals surface area (Å²) in [5.41, 5.74) is 5.66. The SMILES string of the molecule is CC(CS(C)(=O)=O)NS(=O)(=O)c1cncc(C#CCN)c1. The Bertz CT molecular complexity index is 761. The second-order valence-corrected chi connectivity index (χ2v) is 8.43. The van der Waals surface area contributed by atoms with Gasteiger partial charge in [0.2, 0.25) is 10.0 Å². The highest BCUT2D eigenvalue weighted by Crippen LogP contribution is 2.10. The van der Waals surface area contributed by atoms with Gasteiger partial charge in [0.25, 0.3) is 0 Å². The van der Waals surface area contributed by atoms with Crippen LogP contribution in [0.4, 0.5) is 0 Å². The van der Waals surface area contributed by atoms with Crippen LogP contribution in [0.1, 0.15) is 12.5 Å². The van der Waals surface area contributed by atoms with Crippen LogP contribution < -0.4 is 10.5 Å². The Morgan fingerprint density at radius 3 is 2.57 bits per heavy atom. The predicted molar refractivity (Wildman–Crippen MR) is 79.7 cm³/mol. The van der Waals surface area contributed by atoms with Gasteiger partial charge in [0, 0.05) is 30.3 Å². The highest BCUT2D eigenvalue weighted by atomic mass is 32.2. The topological polar surface area (TPSA) is 119 Å². The van der Waals surface area contributed by atoms with Crippen LogP contribution in [0, 0.1) is 11.8 Å². The number of hydrogen-bond donors (Lipinski definition) is 2. The molecule has 0 aliphatic rings. The van der Waals surface area contributed by atoms with E-state index in [1.165, 1.54) is 25.4 Å². The fourth-order valence-corrected chi connectivity index (χ4v) is 3.94. The summed E-state index contributed by atoms with van der Waals surface area (Å²) >= 11 is 0. The maximum atomic E-state index is 12.1. The first-order valence-corrected chi connectivity index (χ1v) is 9.52. The molecule has 21 heavy (non-hydrogen) atoms. The molecule has 1 heterocycles. The molecule has 9 heteroatoms. The van der Waals surface area contributed by atoms with E-state index in [4.69, 9.17) is 5.73 Å². The van der Waals surface area contributed by atoms with Gasteiger partial charge in [0.15, 0.2) is 0 Å². The minimum Gasteiger partial charge on any atom is -0.320 e. The molecule has 0 saturated heterocycles. The third kappa shape index (κ3) is 6.22. The average molecular weight is 331 g/mol. The molecule has 0 fully saturated rings. The second kappa shape index (κ2) is 7.00. The van der Waals surface area contributed by atoms with Gasteiger partial charge in [-0.15, -0.1) is 0 Å². The van der Waals surface area contributed by atoms with Crippen molar-refractivity contribution in [3.63, 3.8) is 0 Å². The summed E-state index contributed by atoms with van der Waals surface area (Å²) in [7, 11) is -7.13. The highest BCUT2D eigenvalue weighted by molar-refractivity contribution is 7.91. The monoisotopic (exact) mass is 331 g/mol. The summed E-state index contributed by atoms with van der Waals surface area (Å²) in [6, 6.07) is 0.606. The number of nitrogens with one attached hydrogen (secondary N) is 1. The van der Waals surface area contributed by atoms with Crippen LogP contribution >= 0.6 is 0 Å². The van der Waals surface area contributed by atoms with Crippen molar-refractivity contribution in [2.45, 2.75) is 17.9 Å². The van der Waals surface area contributed by atoms with E-state index < -0.39 is 25.9 Å². The van der Waals surface area contributed by atoms with Gasteiger partial charge in [-0.25, -0.2) is 21.6 Å². The highest BCUT2D eigenvalue weighted by Gasteiger charge is 2.20. The summed E-state index contributed by atoms with van der Waals surface area (Å²) in [4.78, 5) is 3.73. The van der Waals surface area contributed by atoms with Crippen LogP contribution in [0.3, 0.4) is 0 Å². The lowest BCUT2D eigenvalue weighted by Gasteiger charge is -2.13. The number of sulfonamides is 1. The van der Waals surface area contributed by atoms with Gasteiger partial charge in [-0.05, 0) is 13.0 Å². The number of hydrogen-bond acceptors (Lipinski definition) is 6. The lowest BCUT2D eigenvalue weighted by atomic mass is 10.3. The Kier molecular flexibility index (Phi) is 5.86. The lowest BCUT2D eigenvalue weighted by molar-refractivity contribution is 0.564. The molecule has 1 rings (SSSR count). The minimum absolute atomic E-state index is 0.0772. The fraction of sp³-hybridized carbons (Fsp3) is 0.417. The van der Waals surface area contributed by atoms with Crippen molar-refractivity contribution in [3.8, 4) is 11.8 Å². The van der Waals surface area contributed by atoms with Crippen molar-refractivity contribution in [3.05, 3.63) is 24.0 Å². The van der Waals surface area contributed by atoms with Gasteiger partial charge in [-0.2, -0.15) is 0 Å². The molecule has 0 aliphatic carbocycles. The Balaban J connectivity index is 2.98. The summed E-state index contributed by atoms with van der Waals surface area (Å²) in [5.74, 6) is 5.00. The largest absolute Gasteiger partial charge is 0.320 e. The van der Waals surface area contributed by atoms with Gasteiger partial charge in [-0.1, -0.05) is 11.8 Å². The molecule has 0 aromatic carbocycles. The molecule has 0 radical (unpaired) electrons. The Labute approximate surface area is 124 Å². The summed E-state index contributed by atoms with van der Waals surface area (Å²) in [6.07, 6.45) is 3.63. The van der Waals surface area contributed by atoms with Crippen molar-refractivity contribution >= 4 is 19.9 Å². The zero-order chi connectivity index (χ0) is 16.1. The smallest absolute Gasteiger partial charge is 0.242 e. The van der Waals surface area contributed by atoms with Gasteiger partial charge in [0.05, 0.1) is 12.3 Å². The van der Waals surface area contributed by atoms with Crippen LogP contribution in [0.15, 0.2) is 23.4 Å². The van der Waals surface area contributed by atoms with E-state index in [0.29, 0.717) is 5.56 Å². The number of nitrogens with zero attached hydrogens (tertiary/aromatic N) is 1. The standard InChI is InChI=1S/C12H17N3O4S2/c1-10(9-20(2,16)17)15-21(18,19)12-6-11(4-3-5-13)7-14-8-12/h6-8,10,15H,5,9,13H2,1-2H3. The summed E-state index contributed by atoms with van der Waals surface area (Å²) < 4.78 is 48.9. The molecule has 0 saturated carbocycles. The van der Waals surface area contributed by atoms with Crippen molar-refractivity contribution < 1.29 is 16.8 Å². The first-order chi connectivity index (χ1) is 9.64. The number of aromatic nitrogens is 1. The van der Waals surface area contributed by atoms with E-state index in [1.807, 2.05) is 0 Å². The van der Waals surface area contributed by atoms with E-state index in [1.54, 1.807) is 0 Å². The maximum Gasteiger partial charge on any atom is 0.242 e. The number of pyridine rings is 1. The molecule has 1 atom stereocenters. The van der Waals surface area contributed by atoms with E-state index >= 15 is 0 Å². The Morgan fingerprint density at radius 2 is 2.00 bits per heavy atom. The predicted octanol–water partition coefficient (Wildman–Crippen LogP) is -0.897. The normalized spacial score (nSPS) is 13.3. The summed E-state index contributed by atoms with van der Waals surface area (Å²) in [5, 5.41) is 0. The molecular formula is C12H17N3O4S2. The number of rotatable bonds is 5. The van der Waals surface area contributed by atoms with Gasteiger partial charge in [0.1, 0.15) is 14.7 Å². The molecular weight excluding hydrogens is 314 g/mol. The second-order valence-electron chi connectivity index (χ2n) is 4.53. The van der Waals surface area contributed by atoms with Crippen LogP contribution in [0.25, 0.3) is 0 Å². The van der Waals surface area contributed by atoms with Crippen LogP contribution in [0.5, 0.6) is 0 Å². The number of nitrogens with two attached hydrogens (primary N) is 1. The van der Waals surface area contributed by atoms with Crippen LogP contribution in [-0.4, -0.2) is 46.4 Å². The van der Waals surface area contributed by atoms with Crippen molar-refractivity contribution in [1.29, 1.82) is 0 Å². The molecule has 1 aromatic rings. The molecule has 1 aromatic heterocycles. The first-order valence-electron chi connectivity index (χ1n) is 5.98. The zero-order valence-electron chi connectivity index (χ0n) is 11.7. The minimum atomic E-state index is -3.86. The van der Waals surface area contributed by atoms with Gasteiger partial charge in [-0.3, -0.25) is 4.98 Å². The molecule has 0 spiro atoms. The molecule has 0 bridgehead atoms. The van der Waals surface area contributed by atoms with E-state index in [2.05, 4.69) is 21.5 Å². The van der Waals surface area contributed by atoms with E-state index in [0.717, 1.165) is 6.26 Å². The average Bonchev–Trinajstić information content (AvgIpc) is 2.33. The molecule has 0 aliphatic heterocycles. The molecule has 116 valence electrons. The number of sulfone groups is 1. The Hall–Kier alpha value is -1.47.